The summed E-state index contributed by atoms with van der Waals surface area (Å²) in [6, 6.07) is 5.00. The van der Waals surface area contributed by atoms with Crippen molar-refractivity contribution in [2.75, 3.05) is 6.61 Å². The zero-order chi connectivity index (χ0) is 12.8. The van der Waals surface area contributed by atoms with E-state index < -0.39 is 0 Å². The Kier molecular flexibility index (Phi) is 5.51. The average Bonchev–Trinajstić information content (AvgIpc) is 2.25. The van der Waals surface area contributed by atoms with E-state index in [-0.39, 0.29) is 23.0 Å². The van der Waals surface area contributed by atoms with Gasteiger partial charge in [0.05, 0.1) is 6.61 Å². The lowest BCUT2D eigenvalue weighted by molar-refractivity contribution is 0.108. The molecule has 0 unspecified atom stereocenters. The number of ether oxygens (including phenoxy) is 1. The monoisotopic (exact) mass is 255 g/mol. The summed E-state index contributed by atoms with van der Waals surface area (Å²) in [6.45, 7) is 5.14. The molecule has 1 aromatic carbocycles. The first kappa shape index (κ1) is 14.1. The third-order valence-corrected chi connectivity index (χ3v) is 2.66. The van der Waals surface area contributed by atoms with Gasteiger partial charge >= 0.3 is 0 Å². The van der Waals surface area contributed by atoms with Gasteiger partial charge in [0.1, 0.15) is 10.8 Å². The quantitative estimate of drug-likeness (QED) is 0.627. The molecular weight excluding hydrogens is 237 g/mol. The lowest BCUT2D eigenvalue weighted by Crippen LogP contribution is -2.13. The van der Waals surface area contributed by atoms with E-state index >= 15 is 0 Å². The van der Waals surface area contributed by atoms with E-state index in [4.69, 9.17) is 22.7 Å². The summed E-state index contributed by atoms with van der Waals surface area (Å²) in [5, 5.41) is 0. The SMILES string of the molecule is CC(C)CCOCc1cccc(C(N)=S)c1F. The fourth-order valence-corrected chi connectivity index (χ4v) is 1.54. The van der Waals surface area contributed by atoms with Crippen molar-refractivity contribution in [2.45, 2.75) is 26.9 Å². The number of benzene rings is 1. The number of hydrogen-bond donors (Lipinski definition) is 1. The minimum atomic E-state index is -0.371. The summed E-state index contributed by atoms with van der Waals surface area (Å²) in [4.78, 5) is 0.0755. The van der Waals surface area contributed by atoms with Crippen molar-refractivity contribution in [3.63, 3.8) is 0 Å². The lowest BCUT2D eigenvalue weighted by Gasteiger charge is -2.09. The molecule has 4 heteroatoms. The molecule has 0 saturated heterocycles. The first-order chi connectivity index (χ1) is 8.02. The van der Waals surface area contributed by atoms with Gasteiger partial charge in [0.15, 0.2) is 0 Å². The Bertz CT molecular complexity index is 393. The third kappa shape index (κ3) is 4.40. The highest BCUT2D eigenvalue weighted by Gasteiger charge is 2.09. The van der Waals surface area contributed by atoms with E-state index in [1.54, 1.807) is 18.2 Å². The van der Waals surface area contributed by atoms with Gasteiger partial charge < -0.3 is 10.5 Å². The Morgan fingerprint density at radius 3 is 2.76 bits per heavy atom. The second kappa shape index (κ2) is 6.67. The topological polar surface area (TPSA) is 35.2 Å². The van der Waals surface area contributed by atoms with Crippen molar-refractivity contribution in [1.29, 1.82) is 0 Å². The van der Waals surface area contributed by atoms with Gasteiger partial charge in [0.25, 0.3) is 0 Å². The molecule has 0 aromatic heterocycles. The lowest BCUT2D eigenvalue weighted by atomic mass is 10.1. The van der Waals surface area contributed by atoms with Gasteiger partial charge in [-0.25, -0.2) is 4.39 Å². The van der Waals surface area contributed by atoms with Crippen LogP contribution in [0.15, 0.2) is 18.2 Å². The number of rotatable bonds is 6. The highest BCUT2D eigenvalue weighted by Crippen LogP contribution is 2.14. The second-order valence-corrected chi connectivity index (χ2v) is 4.82. The Balaban J connectivity index is 2.59. The standard InChI is InChI=1S/C13H18FNOS/c1-9(2)6-7-16-8-10-4-3-5-11(12(10)14)13(15)17/h3-5,9H,6-8H2,1-2H3,(H2,15,17). The minimum Gasteiger partial charge on any atom is -0.389 e. The van der Waals surface area contributed by atoms with E-state index in [0.29, 0.717) is 18.1 Å². The molecular formula is C13H18FNOS. The molecule has 0 radical (unpaired) electrons. The normalized spacial score (nSPS) is 10.8. The van der Waals surface area contributed by atoms with E-state index in [0.717, 1.165) is 6.42 Å². The number of hydrogen-bond acceptors (Lipinski definition) is 2. The molecule has 94 valence electrons. The average molecular weight is 255 g/mol. The van der Waals surface area contributed by atoms with Crippen LogP contribution in [0.5, 0.6) is 0 Å². The number of nitrogens with two attached hydrogens (primary N) is 1. The summed E-state index contributed by atoms with van der Waals surface area (Å²) in [6.07, 6.45) is 0.969. The van der Waals surface area contributed by atoms with Gasteiger partial charge in [0, 0.05) is 17.7 Å². The molecule has 0 fully saturated rings. The fourth-order valence-electron chi connectivity index (χ4n) is 1.38. The molecule has 2 N–H and O–H groups in total. The number of halogens is 1. The zero-order valence-electron chi connectivity index (χ0n) is 10.2. The molecule has 2 nitrogen and oxygen atoms in total. The third-order valence-electron chi connectivity index (χ3n) is 2.44. The van der Waals surface area contributed by atoms with Crippen LogP contribution in [0.4, 0.5) is 4.39 Å². The first-order valence-corrected chi connectivity index (χ1v) is 6.08. The van der Waals surface area contributed by atoms with E-state index in [2.05, 4.69) is 13.8 Å². The minimum absolute atomic E-state index is 0.0755. The van der Waals surface area contributed by atoms with E-state index in [1.807, 2.05) is 0 Å². The summed E-state index contributed by atoms with van der Waals surface area (Å²) >= 11 is 4.78. The first-order valence-electron chi connectivity index (χ1n) is 5.67. The highest BCUT2D eigenvalue weighted by atomic mass is 32.1. The predicted octanol–water partition coefficient (Wildman–Crippen LogP) is 3.02. The van der Waals surface area contributed by atoms with E-state index in [1.165, 1.54) is 0 Å². The molecule has 0 atom stereocenters. The van der Waals surface area contributed by atoms with Crippen molar-refractivity contribution in [3.8, 4) is 0 Å². The van der Waals surface area contributed by atoms with Crippen LogP contribution in [0, 0.1) is 11.7 Å². The van der Waals surface area contributed by atoms with Crippen LogP contribution in [0.3, 0.4) is 0 Å². The number of thiocarbonyl (C=S) groups is 1. The molecule has 0 bridgehead atoms. The Hall–Kier alpha value is -1.00. The van der Waals surface area contributed by atoms with Crippen molar-refractivity contribution >= 4 is 17.2 Å². The molecule has 1 aromatic rings. The van der Waals surface area contributed by atoms with Crippen LogP contribution in [-0.4, -0.2) is 11.6 Å². The van der Waals surface area contributed by atoms with Gasteiger partial charge in [-0.05, 0) is 18.4 Å². The molecule has 1 rings (SSSR count). The maximum atomic E-state index is 13.9. The smallest absolute Gasteiger partial charge is 0.138 e. The van der Waals surface area contributed by atoms with Crippen molar-refractivity contribution in [1.82, 2.24) is 0 Å². The van der Waals surface area contributed by atoms with Crippen molar-refractivity contribution < 1.29 is 9.13 Å². The van der Waals surface area contributed by atoms with Gasteiger partial charge in [-0.1, -0.05) is 38.2 Å². The van der Waals surface area contributed by atoms with Gasteiger partial charge in [-0.15, -0.1) is 0 Å². The van der Waals surface area contributed by atoms with Crippen LogP contribution >= 0.6 is 12.2 Å². The van der Waals surface area contributed by atoms with Crippen LogP contribution in [0.2, 0.25) is 0 Å². The van der Waals surface area contributed by atoms with Gasteiger partial charge in [-0.3, -0.25) is 0 Å². The molecule has 0 amide bonds. The van der Waals surface area contributed by atoms with Crippen LogP contribution in [0.25, 0.3) is 0 Å². The van der Waals surface area contributed by atoms with Gasteiger partial charge in [-0.2, -0.15) is 0 Å². The predicted molar refractivity (Wildman–Crippen MR) is 71.4 cm³/mol. The van der Waals surface area contributed by atoms with Crippen LogP contribution in [0.1, 0.15) is 31.4 Å². The van der Waals surface area contributed by atoms with Crippen molar-refractivity contribution in [2.24, 2.45) is 11.7 Å². The molecule has 0 aliphatic heterocycles. The molecule has 17 heavy (non-hydrogen) atoms. The summed E-state index contributed by atoms with van der Waals surface area (Å²) in [5.74, 6) is 0.215. The zero-order valence-corrected chi connectivity index (χ0v) is 11.0. The molecule has 0 aliphatic rings. The highest BCUT2D eigenvalue weighted by molar-refractivity contribution is 7.80. The molecule has 0 saturated carbocycles. The maximum absolute atomic E-state index is 13.9. The summed E-state index contributed by atoms with van der Waals surface area (Å²) in [7, 11) is 0. The largest absolute Gasteiger partial charge is 0.389 e. The van der Waals surface area contributed by atoms with Gasteiger partial charge in [0.2, 0.25) is 0 Å². The Morgan fingerprint density at radius 1 is 1.47 bits per heavy atom. The summed E-state index contributed by atoms with van der Waals surface area (Å²) in [5.41, 5.74) is 6.21. The molecule has 0 heterocycles. The summed E-state index contributed by atoms with van der Waals surface area (Å²) < 4.78 is 19.3. The molecule has 0 aliphatic carbocycles. The second-order valence-electron chi connectivity index (χ2n) is 4.38. The Morgan fingerprint density at radius 2 is 2.18 bits per heavy atom. The van der Waals surface area contributed by atoms with Crippen molar-refractivity contribution in [3.05, 3.63) is 35.1 Å². The van der Waals surface area contributed by atoms with E-state index in [9.17, 15) is 4.39 Å². The fraction of sp³-hybridized carbons (Fsp3) is 0.462. The maximum Gasteiger partial charge on any atom is 0.138 e. The Labute approximate surface area is 107 Å². The molecule has 0 spiro atoms. The van der Waals surface area contributed by atoms with Crippen LogP contribution < -0.4 is 5.73 Å². The van der Waals surface area contributed by atoms with Crippen LogP contribution in [-0.2, 0) is 11.3 Å².